The minimum Gasteiger partial charge on any atom is -0.357 e. The first-order valence-corrected chi connectivity index (χ1v) is 5.05. The number of benzene rings is 1. The van der Waals surface area contributed by atoms with Crippen molar-refractivity contribution in [2.24, 2.45) is 5.73 Å². The molecule has 2 nitrogen and oxygen atoms in total. The number of hydrogen-bond donors (Lipinski definition) is 2. The molecule has 3 N–H and O–H groups in total. The van der Waals surface area contributed by atoms with Gasteiger partial charge in [-0.25, -0.2) is 0 Å². The summed E-state index contributed by atoms with van der Waals surface area (Å²) in [5, 5.41) is 1.26. The average Bonchev–Trinajstić information content (AvgIpc) is 2.58. The molecule has 0 spiro atoms. The quantitative estimate of drug-likeness (QED) is 0.747. The lowest BCUT2D eigenvalue weighted by molar-refractivity contribution is 1.02. The van der Waals surface area contributed by atoms with Gasteiger partial charge in [0.15, 0.2) is 0 Å². The van der Waals surface area contributed by atoms with Crippen LogP contribution in [0.3, 0.4) is 0 Å². The molecule has 74 valence electrons. The van der Waals surface area contributed by atoms with Crippen LogP contribution in [0, 0.1) is 6.92 Å². The molecule has 0 radical (unpaired) electrons. The number of H-pyrrole nitrogens is 1. The zero-order valence-corrected chi connectivity index (χ0v) is 8.72. The number of aryl methyl sites for hydroxylation is 2. The van der Waals surface area contributed by atoms with Gasteiger partial charge in [0.25, 0.3) is 0 Å². The smallest absolute Gasteiger partial charge is 0.0459 e. The Bertz CT molecular complexity index is 455. The highest BCUT2D eigenvalue weighted by Gasteiger charge is 2.02. The molecule has 14 heavy (non-hydrogen) atoms. The fraction of sp³-hybridized carbons (Fsp3) is 0.333. The average molecular weight is 188 g/mol. The van der Waals surface area contributed by atoms with E-state index in [0.717, 1.165) is 12.1 Å². The molecule has 0 saturated heterocycles. The van der Waals surface area contributed by atoms with Gasteiger partial charge >= 0.3 is 0 Å². The number of hydrogen-bond acceptors (Lipinski definition) is 1. The Labute approximate surface area is 84.1 Å². The van der Waals surface area contributed by atoms with Crippen molar-refractivity contribution in [1.29, 1.82) is 0 Å². The van der Waals surface area contributed by atoms with Crippen molar-refractivity contribution in [2.75, 3.05) is 0 Å². The normalized spacial score (nSPS) is 11.1. The second-order valence-electron chi connectivity index (χ2n) is 3.72. The molecule has 0 unspecified atom stereocenters. The van der Waals surface area contributed by atoms with E-state index in [9.17, 15) is 0 Å². The summed E-state index contributed by atoms with van der Waals surface area (Å²) >= 11 is 0. The molecule has 0 aliphatic carbocycles. The highest BCUT2D eigenvalue weighted by atomic mass is 14.7. The van der Waals surface area contributed by atoms with Gasteiger partial charge in [-0.05, 0) is 48.1 Å². The molecule has 1 heterocycles. The van der Waals surface area contributed by atoms with Crippen LogP contribution in [-0.2, 0) is 13.0 Å². The van der Waals surface area contributed by atoms with Crippen molar-refractivity contribution >= 4 is 10.9 Å². The maximum Gasteiger partial charge on any atom is 0.0459 e. The highest BCUT2D eigenvalue weighted by molar-refractivity contribution is 5.82. The second-order valence-corrected chi connectivity index (χ2v) is 3.72. The first kappa shape index (κ1) is 9.28. The Kier molecular flexibility index (Phi) is 2.30. The van der Waals surface area contributed by atoms with Gasteiger partial charge in [0.2, 0.25) is 0 Å². The summed E-state index contributed by atoms with van der Waals surface area (Å²) < 4.78 is 0. The van der Waals surface area contributed by atoms with Crippen LogP contribution >= 0.6 is 0 Å². The van der Waals surface area contributed by atoms with E-state index in [1.54, 1.807) is 0 Å². The second kappa shape index (κ2) is 3.46. The standard InChI is InChI=1S/C12H16N2/c1-3-9-6-12-10(4-8(9)2)5-11(7-13)14-12/h4-6,14H,3,7,13H2,1-2H3. The van der Waals surface area contributed by atoms with Gasteiger partial charge in [0.05, 0.1) is 0 Å². The first-order chi connectivity index (χ1) is 6.74. The van der Waals surface area contributed by atoms with Gasteiger partial charge < -0.3 is 10.7 Å². The molecule has 1 aromatic carbocycles. The summed E-state index contributed by atoms with van der Waals surface area (Å²) in [4.78, 5) is 3.32. The van der Waals surface area contributed by atoms with E-state index in [1.807, 2.05) is 0 Å². The van der Waals surface area contributed by atoms with Crippen LogP contribution in [0.15, 0.2) is 18.2 Å². The Balaban J connectivity index is 2.64. The number of rotatable bonds is 2. The summed E-state index contributed by atoms with van der Waals surface area (Å²) in [5.41, 5.74) is 10.7. The Morgan fingerprint density at radius 2 is 2.07 bits per heavy atom. The van der Waals surface area contributed by atoms with Gasteiger partial charge in [-0.15, -0.1) is 0 Å². The molecule has 2 heteroatoms. The highest BCUT2D eigenvalue weighted by Crippen LogP contribution is 2.20. The summed E-state index contributed by atoms with van der Waals surface area (Å²) in [6.45, 7) is 4.92. The summed E-state index contributed by atoms with van der Waals surface area (Å²) in [6.07, 6.45) is 1.08. The molecule has 0 aliphatic rings. The van der Waals surface area contributed by atoms with Crippen LogP contribution in [0.4, 0.5) is 0 Å². The molecule has 2 rings (SSSR count). The van der Waals surface area contributed by atoms with Gasteiger partial charge in [0.1, 0.15) is 0 Å². The minimum absolute atomic E-state index is 0.579. The van der Waals surface area contributed by atoms with Crippen molar-refractivity contribution in [3.8, 4) is 0 Å². The number of aromatic amines is 1. The Hall–Kier alpha value is -1.28. The van der Waals surface area contributed by atoms with E-state index in [-0.39, 0.29) is 0 Å². The first-order valence-electron chi connectivity index (χ1n) is 5.05. The summed E-state index contributed by atoms with van der Waals surface area (Å²) in [5.74, 6) is 0. The Morgan fingerprint density at radius 3 is 2.71 bits per heavy atom. The number of aromatic nitrogens is 1. The number of nitrogens with two attached hydrogens (primary N) is 1. The SMILES string of the molecule is CCc1cc2[nH]c(CN)cc2cc1C. The third kappa shape index (κ3) is 1.42. The van der Waals surface area contributed by atoms with Gasteiger partial charge in [-0.3, -0.25) is 0 Å². The van der Waals surface area contributed by atoms with E-state index in [0.29, 0.717) is 6.54 Å². The van der Waals surface area contributed by atoms with Gasteiger partial charge in [-0.1, -0.05) is 6.92 Å². The van der Waals surface area contributed by atoms with Crippen molar-refractivity contribution in [3.05, 3.63) is 35.0 Å². The predicted molar refractivity (Wildman–Crippen MR) is 60.3 cm³/mol. The van der Waals surface area contributed by atoms with Crippen LogP contribution < -0.4 is 5.73 Å². The molecule has 0 saturated carbocycles. The summed E-state index contributed by atoms with van der Waals surface area (Å²) in [7, 11) is 0. The monoisotopic (exact) mass is 188 g/mol. The number of fused-ring (bicyclic) bond motifs is 1. The Morgan fingerprint density at radius 1 is 1.29 bits per heavy atom. The van der Waals surface area contributed by atoms with Gasteiger partial charge in [-0.2, -0.15) is 0 Å². The fourth-order valence-corrected chi connectivity index (χ4v) is 1.89. The maximum absolute atomic E-state index is 5.59. The molecule has 0 amide bonds. The lowest BCUT2D eigenvalue weighted by atomic mass is 10.0. The fourth-order valence-electron chi connectivity index (χ4n) is 1.89. The summed E-state index contributed by atoms with van der Waals surface area (Å²) in [6, 6.07) is 6.58. The van der Waals surface area contributed by atoms with Crippen LogP contribution in [0.5, 0.6) is 0 Å². The van der Waals surface area contributed by atoms with E-state index in [4.69, 9.17) is 5.73 Å². The van der Waals surface area contributed by atoms with Gasteiger partial charge in [0, 0.05) is 17.8 Å². The molecule has 1 aromatic heterocycles. The van der Waals surface area contributed by atoms with E-state index < -0.39 is 0 Å². The van der Waals surface area contributed by atoms with Crippen LogP contribution in [0.1, 0.15) is 23.7 Å². The molecule has 0 aliphatic heterocycles. The molecule has 0 fully saturated rings. The van der Waals surface area contributed by atoms with E-state index in [1.165, 1.54) is 22.0 Å². The molecule has 2 aromatic rings. The third-order valence-corrected chi connectivity index (χ3v) is 2.73. The molecular weight excluding hydrogens is 172 g/mol. The van der Waals surface area contributed by atoms with Crippen molar-refractivity contribution in [1.82, 2.24) is 4.98 Å². The van der Waals surface area contributed by atoms with Crippen LogP contribution in [0.2, 0.25) is 0 Å². The minimum atomic E-state index is 0.579. The van der Waals surface area contributed by atoms with E-state index in [2.05, 4.69) is 37.0 Å². The third-order valence-electron chi connectivity index (χ3n) is 2.73. The van der Waals surface area contributed by atoms with Crippen molar-refractivity contribution < 1.29 is 0 Å². The lowest BCUT2D eigenvalue weighted by Gasteiger charge is -2.02. The molecule has 0 atom stereocenters. The van der Waals surface area contributed by atoms with Crippen LogP contribution in [-0.4, -0.2) is 4.98 Å². The largest absolute Gasteiger partial charge is 0.357 e. The van der Waals surface area contributed by atoms with E-state index >= 15 is 0 Å². The maximum atomic E-state index is 5.59. The molecule has 0 bridgehead atoms. The zero-order valence-electron chi connectivity index (χ0n) is 8.72. The predicted octanol–water partition coefficient (Wildman–Crippen LogP) is 2.50. The molecular formula is C12H16N2. The topological polar surface area (TPSA) is 41.8 Å². The van der Waals surface area contributed by atoms with Crippen molar-refractivity contribution in [3.63, 3.8) is 0 Å². The number of nitrogens with one attached hydrogen (secondary N) is 1. The zero-order chi connectivity index (χ0) is 10.1. The van der Waals surface area contributed by atoms with Crippen LogP contribution in [0.25, 0.3) is 10.9 Å². The van der Waals surface area contributed by atoms with Crippen molar-refractivity contribution in [2.45, 2.75) is 26.8 Å². The lowest BCUT2D eigenvalue weighted by Crippen LogP contribution is -1.95.